The molecule has 1 fully saturated rings. The molecule has 0 N–H and O–H groups in total. The third-order valence-electron chi connectivity index (χ3n) is 3.30. The van der Waals surface area contributed by atoms with Crippen LogP contribution in [0, 0.1) is 0 Å². The van der Waals surface area contributed by atoms with Crippen molar-refractivity contribution in [2.45, 2.75) is 65.3 Å². The van der Waals surface area contributed by atoms with E-state index in [0.29, 0.717) is 0 Å². The van der Waals surface area contributed by atoms with Crippen LogP contribution in [0.15, 0.2) is 12.3 Å². The normalized spacial score (nSPS) is 27.5. The molecule has 0 saturated carbocycles. The molecular weight excluding hydrogens is 364 g/mol. The zero-order valence-corrected chi connectivity index (χ0v) is 15.8. The second kappa shape index (κ2) is 10.5. The van der Waals surface area contributed by atoms with Gasteiger partial charge in [-0.3, -0.25) is 19.2 Å². The quantitative estimate of drug-likeness (QED) is 0.348. The van der Waals surface area contributed by atoms with Crippen LogP contribution in [0.1, 0.15) is 34.6 Å². The van der Waals surface area contributed by atoms with E-state index in [4.69, 9.17) is 28.4 Å². The van der Waals surface area contributed by atoms with Gasteiger partial charge in [0.05, 0.1) is 6.26 Å². The van der Waals surface area contributed by atoms with E-state index in [0.717, 1.165) is 20.8 Å². The number of hydrogen-bond acceptors (Lipinski definition) is 10. The van der Waals surface area contributed by atoms with Gasteiger partial charge in [0.15, 0.2) is 12.2 Å². The summed E-state index contributed by atoms with van der Waals surface area (Å²) in [6, 6.07) is 0. The van der Waals surface area contributed by atoms with Crippen molar-refractivity contribution in [2.24, 2.45) is 0 Å². The largest absolute Gasteiger partial charge is 0.469 e. The lowest BCUT2D eigenvalue weighted by Gasteiger charge is -2.43. The van der Waals surface area contributed by atoms with Crippen molar-refractivity contribution in [1.29, 1.82) is 0 Å². The van der Waals surface area contributed by atoms with E-state index in [-0.39, 0.29) is 6.61 Å². The molecule has 10 nitrogen and oxygen atoms in total. The maximum Gasteiger partial charge on any atom is 0.303 e. The number of carbonyl (C=O) groups is 4. The summed E-state index contributed by atoms with van der Waals surface area (Å²) in [7, 11) is 0. The molecule has 0 bridgehead atoms. The van der Waals surface area contributed by atoms with Gasteiger partial charge in [0, 0.05) is 27.7 Å². The fourth-order valence-electron chi connectivity index (χ4n) is 2.45. The molecule has 1 saturated heterocycles. The number of hydrogen-bond donors (Lipinski definition) is 0. The van der Waals surface area contributed by atoms with E-state index in [1.54, 1.807) is 13.0 Å². The van der Waals surface area contributed by atoms with Crippen LogP contribution in [0.3, 0.4) is 0 Å². The number of esters is 4. The summed E-state index contributed by atoms with van der Waals surface area (Å²) in [5.74, 6) is -2.66. The summed E-state index contributed by atoms with van der Waals surface area (Å²) in [5.41, 5.74) is 0. The fraction of sp³-hybridized carbons (Fsp3) is 0.647. The van der Waals surface area contributed by atoms with Crippen molar-refractivity contribution in [1.82, 2.24) is 0 Å². The Morgan fingerprint density at radius 1 is 0.815 bits per heavy atom. The maximum absolute atomic E-state index is 11.6. The van der Waals surface area contributed by atoms with Crippen LogP contribution in [0.25, 0.3) is 0 Å². The third kappa shape index (κ3) is 7.26. The Morgan fingerprint density at radius 2 is 1.33 bits per heavy atom. The molecule has 5 atom stereocenters. The highest BCUT2D eigenvalue weighted by Gasteiger charge is 2.53. The molecule has 0 aromatic rings. The molecule has 0 unspecified atom stereocenters. The lowest BCUT2D eigenvalue weighted by Crippen LogP contribution is -2.62. The Labute approximate surface area is 156 Å². The molecule has 1 rings (SSSR count). The van der Waals surface area contributed by atoms with Gasteiger partial charge in [-0.1, -0.05) is 6.08 Å². The highest BCUT2D eigenvalue weighted by Crippen LogP contribution is 2.30. The van der Waals surface area contributed by atoms with E-state index in [1.165, 1.54) is 13.2 Å². The predicted molar refractivity (Wildman–Crippen MR) is 87.9 cm³/mol. The van der Waals surface area contributed by atoms with Crippen molar-refractivity contribution >= 4 is 23.9 Å². The zero-order chi connectivity index (χ0) is 20.6. The van der Waals surface area contributed by atoms with Crippen LogP contribution in [-0.4, -0.2) is 61.2 Å². The van der Waals surface area contributed by atoms with Crippen molar-refractivity contribution < 1.29 is 47.6 Å². The molecule has 1 heterocycles. The number of ether oxygens (including phenoxy) is 6. The Balaban J connectivity index is 3.26. The minimum atomic E-state index is -1.24. The first-order valence-electron chi connectivity index (χ1n) is 8.22. The van der Waals surface area contributed by atoms with Crippen LogP contribution in [-0.2, 0) is 47.6 Å². The lowest BCUT2D eigenvalue weighted by molar-refractivity contribution is -0.297. The molecule has 0 amide bonds. The predicted octanol–water partition coefficient (Wildman–Crippen LogP) is 0.620. The van der Waals surface area contributed by atoms with Crippen LogP contribution in [0.5, 0.6) is 0 Å². The summed E-state index contributed by atoms with van der Waals surface area (Å²) < 4.78 is 31.7. The van der Waals surface area contributed by atoms with Gasteiger partial charge >= 0.3 is 23.9 Å². The molecule has 1 aliphatic rings. The van der Waals surface area contributed by atoms with Crippen molar-refractivity contribution in [3.8, 4) is 0 Å². The monoisotopic (exact) mass is 388 g/mol. The van der Waals surface area contributed by atoms with Gasteiger partial charge in [-0.05, 0) is 6.92 Å². The van der Waals surface area contributed by atoms with Crippen LogP contribution >= 0.6 is 0 Å². The lowest BCUT2D eigenvalue weighted by atomic mass is 9.98. The summed E-state index contributed by atoms with van der Waals surface area (Å²) in [6.07, 6.45) is -3.01. The minimum absolute atomic E-state index is 0.298. The van der Waals surface area contributed by atoms with Crippen LogP contribution < -0.4 is 0 Å². The van der Waals surface area contributed by atoms with Gasteiger partial charge < -0.3 is 28.4 Å². The first-order chi connectivity index (χ1) is 12.6. The SMILES string of the molecule is C/C=C/O[C@H]1O[C@H](COC(C)=O)[C@H](OC(C)=O)[C@H](OC(C)=O)[C@H]1OC(C)=O. The Hall–Kier alpha value is -2.62. The molecule has 152 valence electrons. The highest BCUT2D eigenvalue weighted by molar-refractivity contribution is 5.68. The molecule has 0 radical (unpaired) electrons. The molecule has 10 heteroatoms. The average Bonchev–Trinajstić information content (AvgIpc) is 2.54. The van der Waals surface area contributed by atoms with E-state index in [1.807, 2.05) is 0 Å². The van der Waals surface area contributed by atoms with Gasteiger partial charge in [-0.2, -0.15) is 0 Å². The van der Waals surface area contributed by atoms with E-state index in [2.05, 4.69) is 0 Å². The summed E-state index contributed by atoms with van der Waals surface area (Å²) in [4.78, 5) is 45.8. The first kappa shape index (κ1) is 22.4. The van der Waals surface area contributed by atoms with E-state index in [9.17, 15) is 19.2 Å². The van der Waals surface area contributed by atoms with Gasteiger partial charge in [0.25, 0.3) is 0 Å². The Morgan fingerprint density at radius 3 is 1.81 bits per heavy atom. The molecule has 27 heavy (non-hydrogen) atoms. The summed E-state index contributed by atoms with van der Waals surface area (Å²) in [6.45, 7) is 6.04. The van der Waals surface area contributed by atoms with E-state index < -0.39 is 54.6 Å². The van der Waals surface area contributed by atoms with Crippen molar-refractivity contribution in [2.75, 3.05) is 6.61 Å². The number of allylic oxidation sites excluding steroid dienone is 1. The van der Waals surface area contributed by atoms with Crippen molar-refractivity contribution in [3.05, 3.63) is 12.3 Å². The highest BCUT2D eigenvalue weighted by atomic mass is 16.7. The molecule has 0 spiro atoms. The van der Waals surface area contributed by atoms with Gasteiger partial charge in [0.2, 0.25) is 12.4 Å². The van der Waals surface area contributed by atoms with Gasteiger partial charge in [-0.15, -0.1) is 0 Å². The van der Waals surface area contributed by atoms with Crippen molar-refractivity contribution in [3.63, 3.8) is 0 Å². The Bertz CT molecular complexity index is 584. The molecule has 0 aliphatic carbocycles. The summed E-state index contributed by atoms with van der Waals surface area (Å²) >= 11 is 0. The smallest absolute Gasteiger partial charge is 0.303 e. The maximum atomic E-state index is 11.6. The molecule has 0 aromatic carbocycles. The molecule has 1 aliphatic heterocycles. The van der Waals surface area contributed by atoms with Crippen LogP contribution in [0.2, 0.25) is 0 Å². The van der Waals surface area contributed by atoms with E-state index >= 15 is 0 Å². The molecule has 0 aromatic heterocycles. The topological polar surface area (TPSA) is 124 Å². The first-order valence-corrected chi connectivity index (χ1v) is 8.22. The second-order valence-corrected chi connectivity index (χ2v) is 5.67. The number of rotatable bonds is 7. The molecular formula is C17H24O10. The Kier molecular flexibility index (Phi) is 8.73. The number of carbonyl (C=O) groups excluding carboxylic acids is 4. The third-order valence-corrected chi connectivity index (χ3v) is 3.30. The minimum Gasteiger partial charge on any atom is -0.469 e. The van der Waals surface area contributed by atoms with Gasteiger partial charge in [0.1, 0.15) is 12.7 Å². The zero-order valence-electron chi connectivity index (χ0n) is 15.8. The second-order valence-electron chi connectivity index (χ2n) is 5.67. The standard InChI is InChI=1S/C17H24O10/c1-6-7-22-17-16(26-12(5)21)15(25-11(4)20)14(24-10(3)19)13(27-17)8-23-9(2)18/h6-7,13-17H,8H2,1-5H3/b7-6+/t13-,14+,15+,16-,17+/m1/s1. The van der Waals surface area contributed by atoms with Gasteiger partial charge in [-0.25, -0.2) is 0 Å². The fourth-order valence-corrected chi connectivity index (χ4v) is 2.45. The summed E-state index contributed by atoms with van der Waals surface area (Å²) in [5, 5.41) is 0. The average molecular weight is 388 g/mol. The van der Waals surface area contributed by atoms with Crippen LogP contribution in [0.4, 0.5) is 0 Å².